The van der Waals surface area contributed by atoms with Crippen LogP contribution in [0.15, 0.2) is 54.7 Å². The molecular weight excluding hydrogens is 486 g/mol. The van der Waals surface area contributed by atoms with Crippen LogP contribution < -0.4 is 14.8 Å². The molecule has 196 valence electrons. The lowest BCUT2D eigenvalue weighted by molar-refractivity contribution is -0.143. The zero-order chi connectivity index (χ0) is 26.5. The molecule has 4 aromatic rings. The van der Waals surface area contributed by atoms with Crippen LogP contribution in [0.1, 0.15) is 37.1 Å². The van der Waals surface area contributed by atoms with E-state index in [0.717, 1.165) is 18.5 Å². The van der Waals surface area contributed by atoms with Crippen LogP contribution in [-0.2, 0) is 18.4 Å². The lowest BCUT2D eigenvalue weighted by atomic mass is 9.87. The standard InChI is InChI=1S/C27H29N7O4/c1-17-23(37-20-10-6-7-18(15-20)26(35)36)12-11-21(30-17)25-22(34(2)33-32-25)16-29-27-28-14-13-24(31-27)38-19-8-4-3-5-9-19/h3-5,8-9,11-14,18,20H,6-7,10,15-16H2,1-2H3,(H,35,36)(H,28,29,31)/t18?,20-/m0/s1. The molecule has 1 fully saturated rings. The summed E-state index contributed by atoms with van der Waals surface area (Å²) >= 11 is 0. The molecule has 1 aromatic carbocycles. The van der Waals surface area contributed by atoms with Crippen LogP contribution in [-0.4, -0.2) is 47.1 Å². The summed E-state index contributed by atoms with van der Waals surface area (Å²) in [6, 6.07) is 14.8. The molecular formula is C27H29N7O4. The summed E-state index contributed by atoms with van der Waals surface area (Å²) in [4.78, 5) is 24.8. The fourth-order valence-electron chi connectivity index (χ4n) is 4.49. The van der Waals surface area contributed by atoms with E-state index in [9.17, 15) is 9.90 Å². The van der Waals surface area contributed by atoms with Gasteiger partial charge in [0.05, 0.1) is 35.6 Å². The maximum Gasteiger partial charge on any atom is 0.306 e. The van der Waals surface area contributed by atoms with E-state index < -0.39 is 5.97 Å². The molecule has 0 amide bonds. The number of aryl methyl sites for hydroxylation is 2. The number of carboxylic acids is 1. The number of para-hydroxylation sites is 1. The number of carboxylic acid groups (broad SMARTS) is 1. The Balaban J connectivity index is 1.27. The van der Waals surface area contributed by atoms with Crippen molar-refractivity contribution in [3.8, 4) is 28.8 Å². The Bertz CT molecular complexity index is 1410. The molecule has 11 nitrogen and oxygen atoms in total. The van der Waals surface area contributed by atoms with Crippen molar-refractivity contribution < 1.29 is 19.4 Å². The van der Waals surface area contributed by atoms with Crippen molar-refractivity contribution in [2.45, 2.75) is 45.3 Å². The summed E-state index contributed by atoms with van der Waals surface area (Å²) in [5.41, 5.74) is 2.81. The number of rotatable bonds is 9. The second-order valence-corrected chi connectivity index (χ2v) is 9.22. The molecule has 0 aliphatic heterocycles. The van der Waals surface area contributed by atoms with E-state index in [-0.39, 0.29) is 12.0 Å². The van der Waals surface area contributed by atoms with Crippen molar-refractivity contribution in [3.63, 3.8) is 0 Å². The Morgan fingerprint density at radius 1 is 1.13 bits per heavy atom. The maximum atomic E-state index is 11.4. The predicted octanol–water partition coefficient (Wildman–Crippen LogP) is 4.40. The van der Waals surface area contributed by atoms with E-state index in [0.29, 0.717) is 59.8 Å². The first-order valence-corrected chi connectivity index (χ1v) is 12.5. The van der Waals surface area contributed by atoms with Crippen molar-refractivity contribution in [2.24, 2.45) is 13.0 Å². The Morgan fingerprint density at radius 3 is 2.76 bits per heavy atom. The molecule has 1 aliphatic carbocycles. The van der Waals surface area contributed by atoms with E-state index in [1.54, 1.807) is 16.9 Å². The maximum absolute atomic E-state index is 11.4. The average molecular weight is 516 g/mol. The van der Waals surface area contributed by atoms with Gasteiger partial charge in [0.25, 0.3) is 0 Å². The zero-order valence-corrected chi connectivity index (χ0v) is 21.2. The van der Waals surface area contributed by atoms with Gasteiger partial charge in [0, 0.05) is 19.3 Å². The lowest BCUT2D eigenvalue weighted by Gasteiger charge is -2.27. The molecule has 0 radical (unpaired) electrons. The normalized spacial score (nSPS) is 17.1. The number of nitrogens with zero attached hydrogens (tertiary/aromatic N) is 6. The van der Waals surface area contributed by atoms with Crippen LogP contribution >= 0.6 is 0 Å². The molecule has 0 bridgehead atoms. The minimum Gasteiger partial charge on any atom is -0.489 e. The largest absolute Gasteiger partial charge is 0.489 e. The number of benzene rings is 1. The third-order valence-corrected chi connectivity index (χ3v) is 6.50. The first-order chi connectivity index (χ1) is 18.5. The van der Waals surface area contributed by atoms with Crippen molar-refractivity contribution in [1.29, 1.82) is 0 Å². The highest BCUT2D eigenvalue weighted by Crippen LogP contribution is 2.30. The number of aromatic nitrogens is 6. The molecule has 3 heterocycles. The van der Waals surface area contributed by atoms with Gasteiger partial charge in [0.2, 0.25) is 11.8 Å². The zero-order valence-electron chi connectivity index (χ0n) is 21.2. The van der Waals surface area contributed by atoms with Crippen LogP contribution in [0.5, 0.6) is 17.4 Å². The highest BCUT2D eigenvalue weighted by atomic mass is 16.5. The van der Waals surface area contributed by atoms with E-state index in [4.69, 9.17) is 14.5 Å². The van der Waals surface area contributed by atoms with Gasteiger partial charge in [-0.25, -0.2) is 14.6 Å². The fourth-order valence-corrected chi connectivity index (χ4v) is 4.49. The van der Waals surface area contributed by atoms with Gasteiger partial charge >= 0.3 is 5.97 Å². The van der Waals surface area contributed by atoms with Gasteiger partial charge in [-0.05, 0) is 56.9 Å². The van der Waals surface area contributed by atoms with Crippen LogP contribution in [0.4, 0.5) is 5.95 Å². The number of aliphatic carboxylic acids is 1. The van der Waals surface area contributed by atoms with Crippen molar-refractivity contribution in [2.75, 3.05) is 5.32 Å². The second-order valence-electron chi connectivity index (χ2n) is 9.22. The SMILES string of the molecule is Cc1nc(-c2nnn(C)c2CNc2nccc(Oc3ccccc3)n2)ccc1O[C@H]1CCCC(C(=O)O)C1. The summed E-state index contributed by atoms with van der Waals surface area (Å²) in [6.07, 6.45) is 4.39. The molecule has 2 atom stereocenters. The van der Waals surface area contributed by atoms with Crippen LogP contribution in [0.2, 0.25) is 0 Å². The smallest absolute Gasteiger partial charge is 0.306 e. The van der Waals surface area contributed by atoms with E-state index in [2.05, 4.69) is 25.6 Å². The molecule has 0 spiro atoms. The van der Waals surface area contributed by atoms with Gasteiger partial charge < -0.3 is 19.9 Å². The minimum absolute atomic E-state index is 0.130. The Hall–Kier alpha value is -4.54. The molecule has 5 rings (SSSR count). The Labute approximate surface area is 219 Å². The first-order valence-electron chi connectivity index (χ1n) is 12.5. The highest BCUT2D eigenvalue weighted by molar-refractivity contribution is 5.70. The minimum atomic E-state index is -0.756. The van der Waals surface area contributed by atoms with Crippen LogP contribution in [0.3, 0.4) is 0 Å². The predicted molar refractivity (Wildman–Crippen MR) is 139 cm³/mol. The number of hydrogen-bond acceptors (Lipinski definition) is 9. The monoisotopic (exact) mass is 515 g/mol. The van der Waals surface area contributed by atoms with E-state index >= 15 is 0 Å². The third kappa shape index (κ3) is 5.88. The summed E-state index contributed by atoms with van der Waals surface area (Å²) in [7, 11) is 1.82. The van der Waals surface area contributed by atoms with E-state index in [1.165, 1.54) is 0 Å². The van der Waals surface area contributed by atoms with Gasteiger partial charge in [0.1, 0.15) is 17.2 Å². The van der Waals surface area contributed by atoms with Crippen molar-refractivity contribution in [1.82, 2.24) is 29.9 Å². The lowest BCUT2D eigenvalue weighted by Crippen LogP contribution is -2.29. The van der Waals surface area contributed by atoms with Gasteiger partial charge in [-0.2, -0.15) is 4.98 Å². The number of pyridine rings is 1. The summed E-state index contributed by atoms with van der Waals surface area (Å²) in [6.45, 7) is 2.24. The van der Waals surface area contributed by atoms with Crippen LogP contribution in [0, 0.1) is 12.8 Å². The van der Waals surface area contributed by atoms with Gasteiger partial charge in [0.15, 0.2) is 0 Å². The highest BCUT2D eigenvalue weighted by Gasteiger charge is 2.28. The Kier molecular flexibility index (Phi) is 7.43. The molecule has 1 aliphatic rings. The first kappa shape index (κ1) is 25.1. The Morgan fingerprint density at radius 2 is 1.97 bits per heavy atom. The average Bonchev–Trinajstić information content (AvgIpc) is 3.29. The van der Waals surface area contributed by atoms with Crippen molar-refractivity contribution in [3.05, 3.63) is 66.1 Å². The van der Waals surface area contributed by atoms with Gasteiger partial charge in [-0.1, -0.05) is 23.4 Å². The molecule has 3 aromatic heterocycles. The number of hydrogen-bond donors (Lipinski definition) is 2. The van der Waals surface area contributed by atoms with Crippen LogP contribution in [0.25, 0.3) is 11.4 Å². The molecule has 0 saturated heterocycles. The van der Waals surface area contributed by atoms with E-state index in [1.807, 2.05) is 56.4 Å². The van der Waals surface area contributed by atoms with Gasteiger partial charge in [-0.15, -0.1) is 5.10 Å². The summed E-state index contributed by atoms with van der Waals surface area (Å²) in [5, 5.41) is 21.1. The fraction of sp³-hybridized carbons (Fsp3) is 0.333. The second kappa shape index (κ2) is 11.2. The number of nitrogens with one attached hydrogen (secondary N) is 1. The molecule has 11 heteroatoms. The summed E-state index contributed by atoms with van der Waals surface area (Å²) < 4.78 is 13.6. The number of ether oxygens (including phenoxy) is 2. The van der Waals surface area contributed by atoms with Crippen molar-refractivity contribution >= 4 is 11.9 Å². The van der Waals surface area contributed by atoms with Gasteiger partial charge in [-0.3, -0.25) is 4.79 Å². The number of anilines is 1. The molecule has 1 unspecified atom stereocenters. The molecule has 1 saturated carbocycles. The third-order valence-electron chi connectivity index (χ3n) is 6.50. The topological polar surface area (TPSA) is 137 Å². The quantitative estimate of drug-likeness (QED) is 0.330. The number of carbonyl (C=O) groups is 1. The molecule has 2 N–H and O–H groups in total. The summed E-state index contributed by atoms with van der Waals surface area (Å²) in [5.74, 6) is 1.06. The molecule has 38 heavy (non-hydrogen) atoms.